The zero-order chi connectivity index (χ0) is 22.2. The van der Waals surface area contributed by atoms with Gasteiger partial charge in [-0.2, -0.15) is 0 Å². The van der Waals surface area contributed by atoms with Crippen LogP contribution in [0.3, 0.4) is 0 Å². The molecular formula is C24H27NO6. The number of rotatable bonds is 10. The average molecular weight is 425 g/mol. The number of esters is 1. The van der Waals surface area contributed by atoms with Crippen LogP contribution in [0.5, 0.6) is 11.5 Å². The molecule has 1 atom stereocenters. The van der Waals surface area contributed by atoms with Gasteiger partial charge in [-0.15, -0.1) is 0 Å². The van der Waals surface area contributed by atoms with Crippen molar-refractivity contribution in [2.24, 2.45) is 0 Å². The quantitative estimate of drug-likeness (QED) is 0.462. The van der Waals surface area contributed by atoms with Crippen LogP contribution >= 0.6 is 0 Å². The monoisotopic (exact) mass is 425 g/mol. The van der Waals surface area contributed by atoms with E-state index in [9.17, 15) is 14.4 Å². The highest BCUT2D eigenvalue weighted by Crippen LogP contribution is 2.32. The molecule has 0 bridgehead atoms. The minimum absolute atomic E-state index is 0.0392. The lowest BCUT2D eigenvalue weighted by Crippen LogP contribution is -2.35. The zero-order valence-electron chi connectivity index (χ0n) is 17.8. The number of hydrogen-bond acceptors (Lipinski definition) is 6. The molecule has 31 heavy (non-hydrogen) atoms. The number of benzene rings is 2. The van der Waals surface area contributed by atoms with E-state index in [-0.39, 0.29) is 32.0 Å². The molecule has 164 valence electrons. The summed E-state index contributed by atoms with van der Waals surface area (Å²) in [5.41, 5.74) is 2.59. The summed E-state index contributed by atoms with van der Waals surface area (Å²) in [4.78, 5) is 36.5. The van der Waals surface area contributed by atoms with Crippen molar-refractivity contribution in [3.63, 3.8) is 0 Å². The van der Waals surface area contributed by atoms with E-state index in [1.165, 1.54) is 12.5 Å². The lowest BCUT2D eigenvalue weighted by molar-refractivity contribution is -0.154. The first kappa shape index (κ1) is 22.3. The van der Waals surface area contributed by atoms with Gasteiger partial charge in [-0.3, -0.25) is 14.4 Å². The predicted octanol–water partition coefficient (Wildman–Crippen LogP) is 3.58. The van der Waals surface area contributed by atoms with Crippen molar-refractivity contribution in [2.75, 3.05) is 6.79 Å². The number of hydrogen-bond donors (Lipinski definition) is 1. The molecule has 0 unspecified atom stereocenters. The maximum absolute atomic E-state index is 12.3. The van der Waals surface area contributed by atoms with Crippen LogP contribution in [0.15, 0.2) is 42.5 Å². The van der Waals surface area contributed by atoms with E-state index in [0.29, 0.717) is 17.1 Å². The summed E-state index contributed by atoms with van der Waals surface area (Å²) >= 11 is 0. The third-order valence-electron chi connectivity index (χ3n) is 4.95. The maximum atomic E-state index is 12.3. The van der Waals surface area contributed by atoms with E-state index in [0.717, 1.165) is 18.4 Å². The third-order valence-corrected chi connectivity index (χ3v) is 4.95. The summed E-state index contributed by atoms with van der Waals surface area (Å²) in [6, 6.07) is 12.8. The van der Waals surface area contributed by atoms with E-state index < -0.39 is 18.0 Å². The summed E-state index contributed by atoms with van der Waals surface area (Å²) in [5.74, 6) is 0.185. The second-order valence-corrected chi connectivity index (χ2v) is 7.41. The minimum atomic E-state index is -0.954. The molecule has 0 saturated carbocycles. The first-order chi connectivity index (χ1) is 15.0. The van der Waals surface area contributed by atoms with Crippen molar-refractivity contribution in [1.82, 2.24) is 5.32 Å². The Labute approximate surface area is 181 Å². The second kappa shape index (κ2) is 10.6. The van der Waals surface area contributed by atoms with Gasteiger partial charge < -0.3 is 19.5 Å². The van der Waals surface area contributed by atoms with Gasteiger partial charge in [0.1, 0.15) is 0 Å². The lowest BCUT2D eigenvalue weighted by atomic mass is 10.0. The highest BCUT2D eigenvalue weighted by atomic mass is 16.7. The Balaban J connectivity index is 1.40. The number of aryl methyl sites for hydroxylation is 1. The van der Waals surface area contributed by atoms with Gasteiger partial charge in [-0.05, 0) is 36.6 Å². The fraction of sp³-hybridized carbons (Fsp3) is 0.375. The van der Waals surface area contributed by atoms with Crippen molar-refractivity contribution in [2.45, 2.75) is 52.2 Å². The van der Waals surface area contributed by atoms with Crippen LogP contribution in [0.1, 0.15) is 54.6 Å². The summed E-state index contributed by atoms with van der Waals surface area (Å²) in [6.07, 6.45) is 1.02. The number of Topliss-reactive ketones (excluding diaryl/α,β-unsaturated/α-hetero) is 1. The van der Waals surface area contributed by atoms with Crippen LogP contribution < -0.4 is 14.8 Å². The summed E-state index contributed by atoms with van der Waals surface area (Å²) < 4.78 is 15.7. The van der Waals surface area contributed by atoms with Gasteiger partial charge in [-0.1, -0.05) is 43.7 Å². The molecule has 0 aromatic heterocycles. The molecule has 1 aliphatic rings. The smallest absolute Gasteiger partial charge is 0.307 e. The van der Waals surface area contributed by atoms with Gasteiger partial charge in [0, 0.05) is 18.5 Å². The molecule has 7 nitrogen and oxygen atoms in total. The Bertz CT molecular complexity index is 938. The Kier molecular flexibility index (Phi) is 7.65. The molecule has 3 rings (SSSR count). The maximum Gasteiger partial charge on any atom is 0.307 e. The molecule has 0 spiro atoms. The van der Waals surface area contributed by atoms with Crippen molar-refractivity contribution >= 4 is 17.7 Å². The first-order valence-electron chi connectivity index (χ1n) is 10.4. The highest BCUT2D eigenvalue weighted by Gasteiger charge is 2.19. The average Bonchev–Trinajstić information content (AvgIpc) is 3.24. The van der Waals surface area contributed by atoms with Crippen LogP contribution in [0.4, 0.5) is 0 Å². The minimum Gasteiger partial charge on any atom is -0.454 e. The Hall–Kier alpha value is -3.35. The Morgan fingerprint density at radius 3 is 2.45 bits per heavy atom. The molecule has 1 aliphatic heterocycles. The van der Waals surface area contributed by atoms with E-state index in [1.54, 1.807) is 24.3 Å². The topological polar surface area (TPSA) is 90.9 Å². The van der Waals surface area contributed by atoms with Crippen LogP contribution in [0, 0.1) is 0 Å². The fourth-order valence-corrected chi connectivity index (χ4v) is 3.20. The van der Waals surface area contributed by atoms with Gasteiger partial charge in [0.25, 0.3) is 5.91 Å². The van der Waals surface area contributed by atoms with Crippen molar-refractivity contribution in [3.8, 4) is 11.5 Å². The highest BCUT2D eigenvalue weighted by molar-refractivity contribution is 5.97. The molecule has 7 heteroatoms. The molecule has 0 aliphatic carbocycles. The van der Waals surface area contributed by atoms with Crippen LogP contribution in [-0.4, -0.2) is 30.6 Å². The van der Waals surface area contributed by atoms with E-state index in [4.69, 9.17) is 14.2 Å². The van der Waals surface area contributed by atoms with Gasteiger partial charge in [0.2, 0.25) is 6.79 Å². The zero-order valence-corrected chi connectivity index (χ0v) is 17.8. The van der Waals surface area contributed by atoms with Gasteiger partial charge >= 0.3 is 5.97 Å². The van der Waals surface area contributed by atoms with E-state index in [1.807, 2.05) is 18.2 Å². The second-order valence-electron chi connectivity index (χ2n) is 7.41. The molecule has 1 amide bonds. The first-order valence-corrected chi connectivity index (χ1v) is 10.4. The fourth-order valence-electron chi connectivity index (χ4n) is 3.20. The molecule has 2 aromatic rings. The van der Waals surface area contributed by atoms with Crippen LogP contribution in [-0.2, 0) is 27.3 Å². The van der Waals surface area contributed by atoms with Gasteiger partial charge in [0.15, 0.2) is 23.4 Å². The number of amides is 1. The normalized spacial score (nSPS) is 12.8. The number of nitrogens with one attached hydrogen (secondary N) is 1. The summed E-state index contributed by atoms with van der Waals surface area (Å²) in [7, 11) is 0. The van der Waals surface area contributed by atoms with Gasteiger partial charge in [-0.25, -0.2) is 0 Å². The molecule has 2 aromatic carbocycles. The molecule has 1 heterocycles. The number of ether oxygens (including phenoxy) is 3. The molecular weight excluding hydrogens is 398 g/mol. The summed E-state index contributed by atoms with van der Waals surface area (Å²) in [5, 5.41) is 2.72. The summed E-state index contributed by atoms with van der Waals surface area (Å²) in [6.45, 7) is 4.05. The van der Waals surface area contributed by atoms with E-state index >= 15 is 0 Å². The standard InChI is InChI=1S/C24H27NO6/c1-3-4-17-5-8-19(9-6-17)20(26)10-12-23(27)31-16(2)24(28)25-14-18-7-11-21-22(13-18)30-15-29-21/h5-9,11,13,16H,3-4,10,12,14-15H2,1-2H3,(H,25,28)/t16-/m1/s1. The number of fused-ring (bicyclic) bond motifs is 1. The molecule has 1 N–H and O–H groups in total. The van der Waals surface area contributed by atoms with Gasteiger partial charge in [0.05, 0.1) is 6.42 Å². The molecule has 0 fully saturated rings. The molecule has 0 radical (unpaired) electrons. The molecule has 0 saturated heterocycles. The predicted molar refractivity (Wildman–Crippen MR) is 114 cm³/mol. The third kappa shape index (κ3) is 6.31. The Morgan fingerprint density at radius 2 is 1.71 bits per heavy atom. The number of ketones is 1. The number of carbonyl (C=O) groups is 3. The van der Waals surface area contributed by atoms with Crippen LogP contribution in [0.25, 0.3) is 0 Å². The SMILES string of the molecule is CCCc1ccc(C(=O)CCC(=O)O[C@H](C)C(=O)NCc2ccc3c(c2)OCO3)cc1. The van der Waals surface area contributed by atoms with Crippen molar-refractivity contribution < 1.29 is 28.6 Å². The van der Waals surface area contributed by atoms with E-state index in [2.05, 4.69) is 12.2 Å². The Morgan fingerprint density at radius 1 is 1.00 bits per heavy atom. The number of carbonyl (C=O) groups excluding carboxylic acids is 3. The van der Waals surface area contributed by atoms with Crippen molar-refractivity contribution in [1.29, 1.82) is 0 Å². The van der Waals surface area contributed by atoms with Crippen LogP contribution in [0.2, 0.25) is 0 Å². The lowest BCUT2D eigenvalue weighted by Gasteiger charge is -2.13. The largest absolute Gasteiger partial charge is 0.454 e. The van der Waals surface area contributed by atoms with Crippen molar-refractivity contribution in [3.05, 3.63) is 59.2 Å².